The highest BCUT2D eigenvalue weighted by molar-refractivity contribution is 6.01. The van der Waals surface area contributed by atoms with Crippen LogP contribution in [-0.4, -0.2) is 42.1 Å². The van der Waals surface area contributed by atoms with Crippen molar-refractivity contribution in [3.63, 3.8) is 0 Å². The zero-order chi connectivity index (χ0) is 18.2. The van der Waals surface area contributed by atoms with Gasteiger partial charge in [0.2, 0.25) is 5.91 Å². The summed E-state index contributed by atoms with van der Waals surface area (Å²) in [6, 6.07) is 6.20. The number of hydrogen-bond acceptors (Lipinski definition) is 4. The normalized spacial score (nSPS) is 15.9. The fourth-order valence-electron chi connectivity index (χ4n) is 2.59. The van der Waals surface area contributed by atoms with Gasteiger partial charge in [0.05, 0.1) is 5.71 Å². The molecule has 1 aromatic rings. The molecule has 0 saturated carbocycles. The number of rotatable bonds is 6. The molecule has 2 amide bonds. The van der Waals surface area contributed by atoms with Crippen molar-refractivity contribution in [3.8, 4) is 5.75 Å². The number of nitrogens with zero attached hydrogens (tertiary/aromatic N) is 2. The Hall–Kier alpha value is -2.51. The number of hydrogen-bond donors (Lipinski definition) is 1. The maximum absolute atomic E-state index is 12.4. The van der Waals surface area contributed by atoms with Crippen molar-refractivity contribution < 1.29 is 23.1 Å². The van der Waals surface area contributed by atoms with Gasteiger partial charge in [0.15, 0.2) is 0 Å². The highest BCUT2D eigenvalue weighted by atomic mass is 19.3. The number of carbonyl (C=O) groups is 2. The number of hydrazone groups is 1. The Morgan fingerprint density at radius 1 is 1.32 bits per heavy atom. The Balaban J connectivity index is 1.98. The van der Waals surface area contributed by atoms with Crippen molar-refractivity contribution in [1.82, 2.24) is 10.3 Å². The summed E-state index contributed by atoms with van der Waals surface area (Å²) in [5.74, 6) is -0.485. The molecule has 1 heterocycles. The molecule has 0 atom stereocenters. The van der Waals surface area contributed by atoms with Crippen LogP contribution in [0.3, 0.4) is 0 Å². The van der Waals surface area contributed by atoms with Crippen LogP contribution in [0.1, 0.15) is 38.2 Å². The third-order valence-electron chi connectivity index (χ3n) is 3.85. The molecule has 136 valence electrons. The Bertz CT molecular complexity index is 650. The van der Waals surface area contributed by atoms with Gasteiger partial charge >= 0.3 is 6.61 Å². The molecule has 1 N–H and O–H groups in total. The van der Waals surface area contributed by atoms with E-state index >= 15 is 0 Å². The van der Waals surface area contributed by atoms with Gasteiger partial charge in [0.1, 0.15) is 12.3 Å². The lowest BCUT2D eigenvalue weighted by Gasteiger charge is -2.19. The van der Waals surface area contributed by atoms with Crippen LogP contribution in [0, 0.1) is 0 Å². The topological polar surface area (TPSA) is 71.0 Å². The molecule has 2 rings (SSSR count). The molecule has 0 spiro atoms. The van der Waals surface area contributed by atoms with E-state index in [1.165, 1.54) is 11.0 Å². The predicted molar refractivity (Wildman–Crippen MR) is 88.5 cm³/mol. The molecule has 8 heteroatoms. The third kappa shape index (κ3) is 5.81. The predicted octanol–water partition coefficient (Wildman–Crippen LogP) is 2.53. The monoisotopic (exact) mass is 353 g/mol. The van der Waals surface area contributed by atoms with Gasteiger partial charge in [-0.15, -0.1) is 0 Å². The van der Waals surface area contributed by atoms with Gasteiger partial charge in [-0.05, 0) is 31.9 Å². The second-order valence-electron chi connectivity index (χ2n) is 5.73. The van der Waals surface area contributed by atoms with Gasteiger partial charge in [0, 0.05) is 18.5 Å². The summed E-state index contributed by atoms with van der Waals surface area (Å²) in [6.45, 7) is -0.881. The first-order chi connectivity index (χ1) is 12.0. The minimum Gasteiger partial charge on any atom is -0.434 e. The van der Waals surface area contributed by atoms with Crippen LogP contribution in [0.2, 0.25) is 0 Å². The number of nitrogens with one attached hydrogen (secondary N) is 1. The standard InChI is InChI=1S/C17H21F2N3O3/c1-12(13-7-4-5-8-14(13)25-17(18)19)20-21-15(23)11-22-10-6-2-3-9-16(22)24/h4-5,7-8,17H,2-3,6,9-11H2,1H3,(H,21,23)/b20-12-. The Morgan fingerprint density at radius 3 is 2.84 bits per heavy atom. The van der Waals surface area contributed by atoms with E-state index in [1.54, 1.807) is 25.1 Å². The summed E-state index contributed by atoms with van der Waals surface area (Å²) in [6.07, 6.45) is 3.14. The summed E-state index contributed by atoms with van der Waals surface area (Å²) in [4.78, 5) is 25.4. The molecular formula is C17H21F2N3O3. The Labute approximate surface area is 144 Å². The van der Waals surface area contributed by atoms with E-state index in [0.717, 1.165) is 19.3 Å². The number of alkyl halides is 2. The largest absolute Gasteiger partial charge is 0.434 e. The minimum atomic E-state index is -2.95. The van der Waals surface area contributed by atoms with E-state index < -0.39 is 12.5 Å². The molecule has 0 unspecified atom stereocenters. The van der Waals surface area contributed by atoms with Crippen LogP contribution < -0.4 is 10.2 Å². The average molecular weight is 353 g/mol. The lowest BCUT2D eigenvalue weighted by molar-refractivity contribution is -0.135. The number of halogens is 2. The number of carbonyl (C=O) groups excluding carboxylic acids is 2. The van der Waals surface area contributed by atoms with Gasteiger partial charge in [0.25, 0.3) is 5.91 Å². The molecule has 1 aliphatic rings. The molecule has 0 aromatic heterocycles. The van der Waals surface area contributed by atoms with E-state index in [-0.39, 0.29) is 18.2 Å². The lowest BCUT2D eigenvalue weighted by Crippen LogP contribution is -2.39. The molecule has 1 fully saturated rings. The maximum atomic E-state index is 12.4. The zero-order valence-electron chi connectivity index (χ0n) is 14.0. The van der Waals surface area contributed by atoms with Gasteiger partial charge in [-0.1, -0.05) is 18.6 Å². The van der Waals surface area contributed by atoms with Crippen LogP contribution in [0.4, 0.5) is 8.78 Å². The third-order valence-corrected chi connectivity index (χ3v) is 3.85. The van der Waals surface area contributed by atoms with Gasteiger partial charge < -0.3 is 9.64 Å². The van der Waals surface area contributed by atoms with E-state index in [4.69, 9.17) is 0 Å². The van der Waals surface area contributed by atoms with Crippen molar-refractivity contribution in [3.05, 3.63) is 29.8 Å². The first-order valence-corrected chi connectivity index (χ1v) is 8.12. The smallest absolute Gasteiger partial charge is 0.387 e. The van der Waals surface area contributed by atoms with Crippen molar-refractivity contribution in [2.45, 2.75) is 39.2 Å². The first-order valence-electron chi connectivity index (χ1n) is 8.12. The van der Waals surface area contributed by atoms with E-state index in [1.807, 2.05) is 0 Å². The highest BCUT2D eigenvalue weighted by Crippen LogP contribution is 2.20. The molecule has 25 heavy (non-hydrogen) atoms. The SMILES string of the molecule is C/C(=N/NC(=O)CN1CCCCCC1=O)c1ccccc1OC(F)F. The number of benzene rings is 1. The summed E-state index contributed by atoms with van der Waals surface area (Å²) in [5.41, 5.74) is 3.04. The van der Waals surface area contributed by atoms with Crippen molar-refractivity contribution in [2.24, 2.45) is 5.10 Å². The number of amides is 2. The Morgan fingerprint density at radius 2 is 2.08 bits per heavy atom. The summed E-state index contributed by atoms with van der Waals surface area (Å²) >= 11 is 0. The van der Waals surface area contributed by atoms with Crippen LogP contribution >= 0.6 is 0 Å². The van der Waals surface area contributed by atoms with Crippen LogP contribution in [0.15, 0.2) is 29.4 Å². The maximum Gasteiger partial charge on any atom is 0.387 e. The van der Waals surface area contributed by atoms with E-state index in [2.05, 4.69) is 15.3 Å². The minimum absolute atomic E-state index is 0.0179. The first kappa shape index (κ1) is 18.8. The van der Waals surface area contributed by atoms with Gasteiger partial charge in [-0.2, -0.15) is 13.9 Å². The van der Waals surface area contributed by atoms with Crippen molar-refractivity contribution in [2.75, 3.05) is 13.1 Å². The zero-order valence-corrected chi connectivity index (χ0v) is 14.0. The molecule has 0 bridgehead atoms. The quantitative estimate of drug-likeness (QED) is 0.631. The van der Waals surface area contributed by atoms with Crippen LogP contribution in [-0.2, 0) is 9.59 Å². The second kappa shape index (κ2) is 9.10. The fraction of sp³-hybridized carbons (Fsp3) is 0.471. The molecule has 0 aliphatic carbocycles. The van der Waals surface area contributed by atoms with Crippen molar-refractivity contribution >= 4 is 17.5 Å². The number of ether oxygens (including phenoxy) is 1. The van der Waals surface area contributed by atoms with E-state index in [0.29, 0.717) is 24.2 Å². The lowest BCUT2D eigenvalue weighted by atomic mass is 10.1. The van der Waals surface area contributed by atoms with Gasteiger partial charge in [-0.3, -0.25) is 9.59 Å². The highest BCUT2D eigenvalue weighted by Gasteiger charge is 2.19. The molecule has 6 nitrogen and oxygen atoms in total. The summed E-state index contributed by atoms with van der Waals surface area (Å²) in [5, 5.41) is 3.93. The van der Waals surface area contributed by atoms with Gasteiger partial charge in [-0.25, -0.2) is 5.43 Å². The fourth-order valence-corrected chi connectivity index (χ4v) is 2.59. The summed E-state index contributed by atoms with van der Waals surface area (Å²) in [7, 11) is 0. The molecule has 0 radical (unpaired) electrons. The molecular weight excluding hydrogens is 332 g/mol. The van der Waals surface area contributed by atoms with E-state index in [9.17, 15) is 18.4 Å². The average Bonchev–Trinajstić information content (AvgIpc) is 2.77. The Kier molecular flexibility index (Phi) is 6.85. The second-order valence-corrected chi connectivity index (χ2v) is 5.73. The van der Waals surface area contributed by atoms with Crippen LogP contribution in [0.5, 0.6) is 5.75 Å². The summed E-state index contributed by atoms with van der Waals surface area (Å²) < 4.78 is 29.3. The molecule has 1 saturated heterocycles. The molecule has 1 aromatic carbocycles. The number of para-hydroxylation sites is 1. The van der Waals surface area contributed by atoms with Crippen LogP contribution in [0.25, 0.3) is 0 Å². The number of likely N-dealkylation sites (tertiary alicyclic amines) is 1. The van der Waals surface area contributed by atoms with Crippen molar-refractivity contribution in [1.29, 1.82) is 0 Å². The molecule has 1 aliphatic heterocycles.